The van der Waals surface area contributed by atoms with E-state index in [1.807, 2.05) is 16.5 Å². The van der Waals surface area contributed by atoms with Crippen molar-refractivity contribution in [3.8, 4) is 5.88 Å². The van der Waals surface area contributed by atoms with E-state index in [1.54, 1.807) is 18.3 Å². The van der Waals surface area contributed by atoms with Gasteiger partial charge < -0.3 is 9.64 Å². The second-order valence-electron chi connectivity index (χ2n) is 7.76. The van der Waals surface area contributed by atoms with E-state index >= 15 is 0 Å². The van der Waals surface area contributed by atoms with Gasteiger partial charge in [0.15, 0.2) is 5.82 Å². The van der Waals surface area contributed by atoms with Crippen molar-refractivity contribution in [1.29, 1.82) is 0 Å². The zero-order valence-electron chi connectivity index (χ0n) is 16.3. The third-order valence-corrected chi connectivity index (χ3v) is 5.12. The molecule has 2 aromatic rings. The van der Waals surface area contributed by atoms with Gasteiger partial charge in [0.25, 0.3) is 5.91 Å². The molecule has 1 saturated carbocycles. The molecule has 0 bridgehead atoms. The highest BCUT2D eigenvalue weighted by atomic mass is 16.5. The van der Waals surface area contributed by atoms with Crippen molar-refractivity contribution >= 4 is 5.91 Å². The summed E-state index contributed by atoms with van der Waals surface area (Å²) in [5.41, 5.74) is 0.517. The van der Waals surface area contributed by atoms with Crippen molar-refractivity contribution in [1.82, 2.24) is 24.6 Å². The Labute approximate surface area is 159 Å². The van der Waals surface area contributed by atoms with E-state index in [1.165, 1.54) is 12.8 Å². The second-order valence-corrected chi connectivity index (χ2v) is 7.76. The van der Waals surface area contributed by atoms with Gasteiger partial charge in [-0.3, -0.25) is 4.79 Å². The molecule has 1 fully saturated rings. The lowest BCUT2D eigenvalue weighted by Crippen LogP contribution is -2.43. The van der Waals surface area contributed by atoms with Crippen LogP contribution in [0.2, 0.25) is 0 Å². The number of amides is 1. The number of aromatic nitrogens is 4. The van der Waals surface area contributed by atoms with Gasteiger partial charge in [0, 0.05) is 18.7 Å². The number of hydrogen-bond acceptors (Lipinski definition) is 5. The molecule has 2 aliphatic rings. The van der Waals surface area contributed by atoms with Crippen LogP contribution in [0.4, 0.5) is 0 Å². The smallest absolute Gasteiger partial charge is 0.260 e. The highest BCUT2D eigenvalue weighted by Gasteiger charge is 2.37. The maximum atomic E-state index is 13.4. The van der Waals surface area contributed by atoms with Gasteiger partial charge in [0.05, 0.1) is 19.2 Å². The number of fused-ring (bicyclic) bond motifs is 1. The fourth-order valence-electron chi connectivity index (χ4n) is 3.68. The van der Waals surface area contributed by atoms with Gasteiger partial charge in [-0.2, -0.15) is 5.10 Å². The number of rotatable bonds is 6. The van der Waals surface area contributed by atoms with E-state index < -0.39 is 0 Å². The van der Waals surface area contributed by atoms with Gasteiger partial charge >= 0.3 is 0 Å². The molecule has 0 spiro atoms. The largest absolute Gasteiger partial charge is 0.477 e. The SMILES string of the molecule is CCOc1ncccc1C(=O)N1CCn2nc(C3CC3)nc2[C@@H]1CC(C)C. The number of hydrogen-bond donors (Lipinski definition) is 0. The summed E-state index contributed by atoms with van der Waals surface area (Å²) in [5.74, 6) is 3.18. The van der Waals surface area contributed by atoms with Crippen molar-refractivity contribution in [2.45, 2.75) is 58.5 Å². The van der Waals surface area contributed by atoms with E-state index in [-0.39, 0.29) is 11.9 Å². The number of ether oxygens (including phenoxy) is 1. The summed E-state index contributed by atoms with van der Waals surface area (Å²) in [6, 6.07) is 3.51. The van der Waals surface area contributed by atoms with E-state index in [9.17, 15) is 4.79 Å². The molecule has 144 valence electrons. The van der Waals surface area contributed by atoms with Crippen LogP contribution in [0.15, 0.2) is 18.3 Å². The summed E-state index contributed by atoms with van der Waals surface area (Å²) in [6.45, 7) is 8.03. The third kappa shape index (κ3) is 3.55. The first-order valence-corrected chi connectivity index (χ1v) is 9.91. The highest BCUT2D eigenvalue weighted by molar-refractivity contribution is 5.96. The third-order valence-electron chi connectivity index (χ3n) is 5.12. The van der Waals surface area contributed by atoms with Gasteiger partial charge in [0.2, 0.25) is 5.88 Å². The Morgan fingerprint density at radius 3 is 2.85 bits per heavy atom. The minimum atomic E-state index is -0.0686. The molecule has 1 aliphatic heterocycles. The highest BCUT2D eigenvalue weighted by Crippen LogP contribution is 2.40. The molecule has 1 amide bonds. The molecule has 4 rings (SSSR count). The molecule has 3 heterocycles. The van der Waals surface area contributed by atoms with Crippen LogP contribution < -0.4 is 4.74 Å². The first kappa shape index (κ1) is 17.9. The molecule has 0 radical (unpaired) electrons. The van der Waals surface area contributed by atoms with Crippen LogP contribution in [0.3, 0.4) is 0 Å². The van der Waals surface area contributed by atoms with Gasteiger partial charge in [-0.05, 0) is 44.2 Å². The topological polar surface area (TPSA) is 73.1 Å². The van der Waals surface area contributed by atoms with E-state index in [2.05, 4.69) is 18.8 Å². The Bertz CT molecular complexity index is 828. The summed E-state index contributed by atoms with van der Waals surface area (Å²) in [6.07, 6.45) is 4.86. The zero-order chi connectivity index (χ0) is 19.0. The number of nitrogens with zero attached hydrogens (tertiary/aromatic N) is 5. The van der Waals surface area contributed by atoms with E-state index in [0.717, 1.165) is 18.1 Å². The van der Waals surface area contributed by atoms with E-state index in [0.29, 0.717) is 43.0 Å². The van der Waals surface area contributed by atoms with Gasteiger partial charge in [-0.15, -0.1) is 0 Å². The monoisotopic (exact) mass is 369 g/mol. The molecule has 0 aromatic carbocycles. The molecule has 0 unspecified atom stereocenters. The first-order valence-electron chi connectivity index (χ1n) is 9.91. The Kier molecular flexibility index (Phi) is 4.85. The molecule has 27 heavy (non-hydrogen) atoms. The maximum absolute atomic E-state index is 13.4. The minimum absolute atomic E-state index is 0.0422. The molecule has 7 heteroatoms. The van der Waals surface area contributed by atoms with Crippen LogP contribution in [0.1, 0.15) is 74.0 Å². The van der Waals surface area contributed by atoms with Crippen LogP contribution >= 0.6 is 0 Å². The summed E-state index contributed by atoms with van der Waals surface area (Å²) >= 11 is 0. The summed E-state index contributed by atoms with van der Waals surface area (Å²) in [7, 11) is 0. The summed E-state index contributed by atoms with van der Waals surface area (Å²) in [5, 5.41) is 4.71. The first-order chi connectivity index (χ1) is 13.1. The van der Waals surface area contributed by atoms with Crippen LogP contribution in [0, 0.1) is 5.92 Å². The zero-order valence-corrected chi connectivity index (χ0v) is 16.3. The molecule has 0 saturated heterocycles. The number of carbonyl (C=O) groups excluding carboxylic acids is 1. The Balaban J connectivity index is 1.67. The predicted octanol–water partition coefficient (Wildman–Crippen LogP) is 3.19. The Morgan fingerprint density at radius 1 is 1.33 bits per heavy atom. The predicted molar refractivity (Wildman–Crippen MR) is 101 cm³/mol. The average Bonchev–Trinajstić information content (AvgIpc) is 3.41. The van der Waals surface area contributed by atoms with Crippen LogP contribution in [-0.4, -0.2) is 43.7 Å². The van der Waals surface area contributed by atoms with Crippen molar-refractivity contribution in [3.05, 3.63) is 35.5 Å². The minimum Gasteiger partial charge on any atom is -0.477 e. The van der Waals surface area contributed by atoms with Crippen LogP contribution in [0.5, 0.6) is 5.88 Å². The molecule has 2 aromatic heterocycles. The van der Waals surface area contributed by atoms with Crippen LogP contribution in [0.25, 0.3) is 0 Å². The number of pyridine rings is 1. The fraction of sp³-hybridized carbons (Fsp3) is 0.600. The molecule has 1 aliphatic carbocycles. The molecular weight excluding hydrogens is 342 g/mol. The molecule has 0 N–H and O–H groups in total. The van der Waals surface area contributed by atoms with Crippen molar-refractivity contribution in [2.24, 2.45) is 5.92 Å². The quantitative estimate of drug-likeness (QED) is 0.782. The van der Waals surface area contributed by atoms with Crippen LogP contribution in [-0.2, 0) is 6.54 Å². The Hall–Kier alpha value is -2.44. The maximum Gasteiger partial charge on any atom is 0.260 e. The van der Waals surface area contributed by atoms with Gasteiger partial charge in [-0.25, -0.2) is 14.6 Å². The van der Waals surface area contributed by atoms with Crippen molar-refractivity contribution in [3.63, 3.8) is 0 Å². The van der Waals surface area contributed by atoms with Gasteiger partial charge in [-0.1, -0.05) is 13.8 Å². The lowest BCUT2D eigenvalue weighted by Gasteiger charge is -2.36. The second kappa shape index (κ2) is 7.29. The summed E-state index contributed by atoms with van der Waals surface area (Å²) in [4.78, 5) is 24.4. The van der Waals surface area contributed by atoms with E-state index in [4.69, 9.17) is 14.8 Å². The Morgan fingerprint density at radius 2 is 2.15 bits per heavy atom. The van der Waals surface area contributed by atoms with Crippen molar-refractivity contribution in [2.75, 3.05) is 13.2 Å². The lowest BCUT2D eigenvalue weighted by atomic mass is 9.99. The van der Waals surface area contributed by atoms with Gasteiger partial charge in [0.1, 0.15) is 11.4 Å². The fourth-order valence-corrected chi connectivity index (χ4v) is 3.68. The summed E-state index contributed by atoms with van der Waals surface area (Å²) < 4.78 is 7.60. The molecule has 1 atom stereocenters. The molecular formula is C20H27N5O2. The normalized spacial score (nSPS) is 19.3. The standard InChI is InChI=1S/C20H27N5O2/c1-4-27-19-15(6-5-9-21-19)20(26)24-10-11-25-18(16(24)12-13(2)3)22-17(23-25)14-7-8-14/h5-6,9,13-14,16H,4,7-8,10-12H2,1-3H3/t16-/m0/s1. The average molecular weight is 369 g/mol. The molecule has 7 nitrogen and oxygen atoms in total. The van der Waals surface area contributed by atoms with Crippen molar-refractivity contribution < 1.29 is 9.53 Å². The number of carbonyl (C=O) groups is 1. The lowest BCUT2D eigenvalue weighted by molar-refractivity contribution is 0.0573.